The summed E-state index contributed by atoms with van der Waals surface area (Å²) in [5, 5.41) is 1.12. The van der Waals surface area contributed by atoms with Crippen molar-refractivity contribution in [1.82, 2.24) is 4.98 Å². The van der Waals surface area contributed by atoms with Crippen molar-refractivity contribution in [3.05, 3.63) is 65.7 Å². The number of benzene rings is 2. The number of pyridine rings is 1. The molecule has 0 saturated heterocycles. The van der Waals surface area contributed by atoms with Crippen molar-refractivity contribution in [1.29, 1.82) is 0 Å². The van der Waals surface area contributed by atoms with Crippen LogP contribution in [-0.4, -0.2) is 12.1 Å². The normalized spacial score (nSPS) is 10.6. The van der Waals surface area contributed by atoms with Gasteiger partial charge in [0.2, 0.25) is 5.88 Å². The number of hydrogen-bond donors (Lipinski definition) is 0. The molecule has 0 aliphatic carbocycles. The molecule has 3 nitrogen and oxygen atoms in total. The molecular weight excluding hydrogens is 274 g/mol. The van der Waals surface area contributed by atoms with Gasteiger partial charge in [-0.15, -0.1) is 0 Å². The van der Waals surface area contributed by atoms with Gasteiger partial charge in [0.25, 0.3) is 0 Å². The lowest BCUT2D eigenvalue weighted by Crippen LogP contribution is -1.98. The molecule has 0 fully saturated rings. The van der Waals surface area contributed by atoms with Crippen LogP contribution >= 0.6 is 0 Å². The van der Waals surface area contributed by atoms with Crippen molar-refractivity contribution in [3.8, 4) is 11.6 Å². The predicted molar refractivity (Wildman–Crippen MR) is 88.4 cm³/mol. The van der Waals surface area contributed by atoms with E-state index >= 15 is 0 Å². The van der Waals surface area contributed by atoms with E-state index in [-0.39, 0.29) is 0 Å². The Kier molecular flexibility index (Phi) is 4.24. The molecule has 0 radical (unpaired) electrons. The zero-order valence-corrected chi connectivity index (χ0v) is 12.9. The molecule has 0 saturated carbocycles. The molecule has 112 valence electrons. The largest absolute Gasteiger partial charge is 0.487 e. The third-order valence-electron chi connectivity index (χ3n) is 3.71. The first-order chi connectivity index (χ1) is 10.8. The van der Waals surface area contributed by atoms with Crippen LogP contribution in [0.5, 0.6) is 11.6 Å². The summed E-state index contributed by atoms with van der Waals surface area (Å²) in [4.78, 5) is 4.57. The minimum Gasteiger partial charge on any atom is -0.487 e. The van der Waals surface area contributed by atoms with Gasteiger partial charge in [-0.2, -0.15) is 0 Å². The van der Waals surface area contributed by atoms with Crippen LogP contribution in [0, 0.1) is 0 Å². The Morgan fingerprint density at radius 1 is 0.955 bits per heavy atom. The molecule has 3 aromatic rings. The molecule has 0 aliphatic rings. The minimum atomic E-state index is 0.528. The third-order valence-corrected chi connectivity index (χ3v) is 3.71. The van der Waals surface area contributed by atoms with E-state index in [4.69, 9.17) is 9.47 Å². The van der Waals surface area contributed by atoms with Crippen molar-refractivity contribution < 1.29 is 9.47 Å². The molecule has 1 heterocycles. The summed E-state index contributed by atoms with van der Waals surface area (Å²) in [5.41, 5.74) is 3.25. The van der Waals surface area contributed by atoms with Crippen molar-refractivity contribution >= 4 is 10.9 Å². The molecule has 0 amide bonds. The highest BCUT2D eigenvalue weighted by Gasteiger charge is 2.09. The van der Waals surface area contributed by atoms with Gasteiger partial charge in [-0.1, -0.05) is 43.3 Å². The molecule has 0 aliphatic heterocycles. The van der Waals surface area contributed by atoms with E-state index in [2.05, 4.69) is 36.2 Å². The van der Waals surface area contributed by atoms with Gasteiger partial charge in [-0.3, -0.25) is 0 Å². The van der Waals surface area contributed by atoms with E-state index in [9.17, 15) is 0 Å². The quantitative estimate of drug-likeness (QED) is 0.699. The van der Waals surface area contributed by atoms with Crippen LogP contribution < -0.4 is 9.47 Å². The number of methoxy groups -OCH3 is 1. The van der Waals surface area contributed by atoms with E-state index < -0.39 is 0 Å². The van der Waals surface area contributed by atoms with Crippen LogP contribution in [0.25, 0.3) is 10.9 Å². The van der Waals surface area contributed by atoms with Crippen LogP contribution in [0.4, 0.5) is 0 Å². The van der Waals surface area contributed by atoms with Crippen molar-refractivity contribution in [2.45, 2.75) is 20.0 Å². The molecule has 0 unspecified atom stereocenters. The second-order valence-corrected chi connectivity index (χ2v) is 5.10. The van der Waals surface area contributed by atoms with Gasteiger partial charge in [-0.05, 0) is 29.7 Å². The Labute approximate surface area is 130 Å². The third kappa shape index (κ3) is 2.89. The van der Waals surface area contributed by atoms with E-state index in [0.29, 0.717) is 12.5 Å². The van der Waals surface area contributed by atoms with Gasteiger partial charge in [0.05, 0.1) is 7.11 Å². The fraction of sp³-hybridized carbons (Fsp3) is 0.211. The van der Waals surface area contributed by atoms with Crippen LogP contribution in [0.2, 0.25) is 0 Å². The second kappa shape index (κ2) is 6.48. The molecular formula is C19H19NO2. The average molecular weight is 293 g/mol. The van der Waals surface area contributed by atoms with Crippen molar-refractivity contribution in [3.63, 3.8) is 0 Å². The molecule has 2 aromatic carbocycles. The van der Waals surface area contributed by atoms with Crippen LogP contribution in [0.3, 0.4) is 0 Å². The molecule has 0 N–H and O–H groups in total. The minimum absolute atomic E-state index is 0.528. The topological polar surface area (TPSA) is 31.4 Å². The summed E-state index contributed by atoms with van der Waals surface area (Å²) >= 11 is 0. The zero-order valence-electron chi connectivity index (χ0n) is 12.9. The van der Waals surface area contributed by atoms with Crippen LogP contribution in [-0.2, 0) is 13.0 Å². The number of rotatable bonds is 5. The second-order valence-electron chi connectivity index (χ2n) is 5.10. The summed E-state index contributed by atoms with van der Waals surface area (Å²) in [5.74, 6) is 1.39. The van der Waals surface area contributed by atoms with E-state index in [1.54, 1.807) is 7.11 Å². The summed E-state index contributed by atoms with van der Waals surface area (Å²) in [6.07, 6.45) is 0.962. The van der Waals surface area contributed by atoms with Gasteiger partial charge in [0.1, 0.15) is 17.9 Å². The monoisotopic (exact) mass is 293 g/mol. The average Bonchev–Trinajstić information content (AvgIpc) is 2.60. The number of nitrogens with zero attached hydrogens (tertiary/aromatic N) is 1. The Balaban J connectivity index is 1.97. The Bertz CT molecular complexity index is 769. The number of fused-ring (bicyclic) bond motifs is 1. The maximum atomic E-state index is 5.99. The van der Waals surface area contributed by atoms with Gasteiger partial charge in [0, 0.05) is 11.5 Å². The number of hydrogen-bond acceptors (Lipinski definition) is 3. The van der Waals surface area contributed by atoms with Gasteiger partial charge in [-0.25, -0.2) is 4.98 Å². The highest BCUT2D eigenvalue weighted by Crippen LogP contribution is 2.29. The van der Waals surface area contributed by atoms with Crippen molar-refractivity contribution in [2.24, 2.45) is 0 Å². The van der Waals surface area contributed by atoms with Crippen LogP contribution in [0.1, 0.15) is 18.1 Å². The van der Waals surface area contributed by atoms with Crippen molar-refractivity contribution in [2.75, 3.05) is 7.11 Å². The predicted octanol–water partition coefficient (Wildman–Crippen LogP) is 4.38. The molecule has 0 atom stereocenters. The molecule has 3 heteroatoms. The highest BCUT2D eigenvalue weighted by atomic mass is 16.5. The smallest absolute Gasteiger partial charge is 0.213 e. The van der Waals surface area contributed by atoms with Gasteiger partial charge >= 0.3 is 0 Å². The molecule has 22 heavy (non-hydrogen) atoms. The van der Waals surface area contributed by atoms with E-state index in [1.165, 1.54) is 5.56 Å². The maximum Gasteiger partial charge on any atom is 0.213 e. The number of ether oxygens (including phenoxy) is 2. The number of aromatic nitrogens is 1. The van der Waals surface area contributed by atoms with Gasteiger partial charge in [0.15, 0.2) is 0 Å². The Morgan fingerprint density at radius 3 is 2.50 bits per heavy atom. The summed E-state index contributed by atoms with van der Waals surface area (Å²) < 4.78 is 11.2. The molecule has 3 rings (SSSR count). The Hall–Kier alpha value is -2.55. The first kappa shape index (κ1) is 14.4. The molecule has 1 aromatic heterocycles. The fourth-order valence-electron chi connectivity index (χ4n) is 2.51. The van der Waals surface area contributed by atoms with E-state index in [1.807, 2.05) is 30.3 Å². The Morgan fingerprint density at radius 2 is 1.77 bits per heavy atom. The first-order valence-electron chi connectivity index (χ1n) is 7.45. The lowest BCUT2D eigenvalue weighted by molar-refractivity contribution is 0.309. The zero-order chi connectivity index (χ0) is 15.4. The lowest BCUT2D eigenvalue weighted by atomic mass is 10.1. The van der Waals surface area contributed by atoms with E-state index in [0.717, 1.165) is 28.6 Å². The summed E-state index contributed by atoms with van der Waals surface area (Å²) in [7, 11) is 1.63. The standard InChI is InChI=1S/C19H19NO2/c1-3-15-9-11-17(22-13-14-7-5-4-6-8-14)19-16(15)10-12-18(20-19)21-2/h4-12H,3,13H2,1-2H3. The number of aryl methyl sites for hydroxylation is 1. The summed E-state index contributed by atoms with van der Waals surface area (Å²) in [6, 6.07) is 18.2. The highest BCUT2D eigenvalue weighted by molar-refractivity contribution is 5.88. The molecule has 0 bridgehead atoms. The SMILES string of the molecule is CCc1ccc(OCc2ccccc2)c2nc(OC)ccc12. The lowest BCUT2D eigenvalue weighted by Gasteiger charge is -2.12. The fourth-order valence-corrected chi connectivity index (χ4v) is 2.51. The molecule has 0 spiro atoms. The van der Waals surface area contributed by atoms with Crippen LogP contribution in [0.15, 0.2) is 54.6 Å². The first-order valence-corrected chi connectivity index (χ1v) is 7.45. The van der Waals surface area contributed by atoms with Gasteiger partial charge < -0.3 is 9.47 Å². The maximum absolute atomic E-state index is 5.99. The summed E-state index contributed by atoms with van der Waals surface area (Å²) in [6.45, 7) is 2.67.